The third-order valence-electron chi connectivity index (χ3n) is 2.89. The zero-order valence-corrected chi connectivity index (χ0v) is 10.5. The van der Waals surface area contributed by atoms with Crippen molar-refractivity contribution in [3.8, 4) is 0 Å². The third-order valence-corrected chi connectivity index (χ3v) is 2.89. The number of fused-ring (bicyclic) bond motifs is 1. The highest BCUT2D eigenvalue weighted by atomic mass is 19.3. The average molecular weight is 250 g/mol. The van der Waals surface area contributed by atoms with Gasteiger partial charge in [0.05, 0.1) is 11.6 Å². The second kappa shape index (κ2) is 5.40. The summed E-state index contributed by atoms with van der Waals surface area (Å²) in [6.45, 7) is 4.24. The Morgan fingerprint density at radius 3 is 2.67 bits per heavy atom. The van der Waals surface area contributed by atoms with Gasteiger partial charge in [-0.1, -0.05) is 19.1 Å². The Hall–Kier alpha value is -1.55. The fourth-order valence-corrected chi connectivity index (χ4v) is 2.01. The summed E-state index contributed by atoms with van der Waals surface area (Å²) in [6.07, 6.45) is -2.42. The van der Waals surface area contributed by atoms with Crippen molar-refractivity contribution < 1.29 is 8.78 Å². The molecule has 0 saturated carbocycles. The third kappa shape index (κ3) is 2.64. The van der Waals surface area contributed by atoms with E-state index in [0.29, 0.717) is 12.1 Å². The molecular formula is C14H16F2N2. The highest BCUT2D eigenvalue weighted by molar-refractivity contribution is 5.79. The van der Waals surface area contributed by atoms with Gasteiger partial charge in [0.1, 0.15) is 0 Å². The molecule has 1 atom stereocenters. The molecule has 1 aromatic heterocycles. The normalized spacial score (nSPS) is 13.2. The van der Waals surface area contributed by atoms with E-state index in [1.807, 2.05) is 26.0 Å². The first kappa shape index (κ1) is 12.9. The average Bonchev–Trinajstić information content (AvgIpc) is 2.35. The molecule has 2 nitrogen and oxygen atoms in total. The molecule has 18 heavy (non-hydrogen) atoms. The van der Waals surface area contributed by atoms with Crippen molar-refractivity contribution >= 4 is 10.9 Å². The molecular weight excluding hydrogens is 234 g/mol. The van der Waals surface area contributed by atoms with Crippen LogP contribution in [0.25, 0.3) is 10.9 Å². The Labute approximate surface area is 105 Å². The number of hydrogen-bond acceptors (Lipinski definition) is 2. The van der Waals surface area contributed by atoms with E-state index in [0.717, 1.165) is 16.6 Å². The van der Waals surface area contributed by atoms with Gasteiger partial charge in [-0.25, -0.2) is 8.78 Å². The SMILES string of the molecule is CCNC(c1ccc2nc(C)ccc2c1)C(F)F. The maximum atomic E-state index is 13.0. The Bertz CT molecular complexity index is 540. The van der Waals surface area contributed by atoms with Crippen LogP contribution in [0, 0.1) is 6.92 Å². The van der Waals surface area contributed by atoms with Gasteiger partial charge < -0.3 is 5.32 Å². The quantitative estimate of drug-likeness (QED) is 0.898. The van der Waals surface area contributed by atoms with Crippen LogP contribution in [0.2, 0.25) is 0 Å². The highest BCUT2D eigenvalue weighted by Crippen LogP contribution is 2.24. The summed E-state index contributed by atoms with van der Waals surface area (Å²) in [5, 5.41) is 3.69. The lowest BCUT2D eigenvalue weighted by Gasteiger charge is -2.17. The predicted octanol–water partition coefficient (Wildman–Crippen LogP) is 3.46. The van der Waals surface area contributed by atoms with E-state index < -0.39 is 12.5 Å². The summed E-state index contributed by atoms with van der Waals surface area (Å²) in [4.78, 5) is 4.36. The fourth-order valence-electron chi connectivity index (χ4n) is 2.01. The molecule has 1 N–H and O–H groups in total. The van der Waals surface area contributed by atoms with Crippen molar-refractivity contribution in [1.82, 2.24) is 10.3 Å². The Balaban J connectivity index is 2.42. The van der Waals surface area contributed by atoms with Crippen LogP contribution in [0.4, 0.5) is 8.78 Å². The molecule has 1 unspecified atom stereocenters. The first-order valence-corrected chi connectivity index (χ1v) is 6.00. The summed E-state index contributed by atoms with van der Waals surface area (Å²) < 4.78 is 25.9. The Kier molecular flexibility index (Phi) is 3.87. The van der Waals surface area contributed by atoms with E-state index in [1.165, 1.54) is 0 Å². The number of hydrogen-bond donors (Lipinski definition) is 1. The lowest BCUT2D eigenvalue weighted by Crippen LogP contribution is -2.27. The second-order valence-electron chi connectivity index (χ2n) is 4.27. The summed E-state index contributed by atoms with van der Waals surface area (Å²) >= 11 is 0. The molecule has 0 aliphatic rings. The highest BCUT2D eigenvalue weighted by Gasteiger charge is 2.21. The summed E-state index contributed by atoms with van der Waals surface area (Å²) in [7, 11) is 0. The molecule has 0 radical (unpaired) electrons. The van der Waals surface area contributed by atoms with Gasteiger partial charge in [-0.05, 0) is 37.2 Å². The van der Waals surface area contributed by atoms with Crippen LogP contribution in [0.5, 0.6) is 0 Å². The minimum Gasteiger partial charge on any atom is -0.306 e. The molecule has 0 spiro atoms. The topological polar surface area (TPSA) is 24.9 Å². The van der Waals surface area contributed by atoms with Gasteiger partial charge in [-0.3, -0.25) is 4.98 Å². The first-order chi connectivity index (χ1) is 8.61. The van der Waals surface area contributed by atoms with Crippen molar-refractivity contribution in [2.45, 2.75) is 26.3 Å². The molecule has 4 heteroatoms. The molecule has 1 aromatic carbocycles. The van der Waals surface area contributed by atoms with Crippen molar-refractivity contribution in [1.29, 1.82) is 0 Å². The van der Waals surface area contributed by atoms with E-state index in [-0.39, 0.29) is 0 Å². The van der Waals surface area contributed by atoms with Crippen molar-refractivity contribution in [3.63, 3.8) is 0 Å². The van der Waals surface area contributed by atoms with Crippen LogP contribution in [-0.2, 0) is 0 Å². The Morgan fingerprint density at radius 2 is 2.00 bits per heavy atom. The van der Waals surface area contributed by atoms with Crippen LogP contribution in [0.1, 0.15) is 24.2 Å². The van der Waals surface area contributed by atoms with E-state index in [4.69, 9.17) is 0 Å². The monoisotopic (exact) mass is 250 g/mol. The molecule has 0 aliphatic carbocycles. The van der Waals surface area contributed by atoms with Gasteiger partial charge in [-0.2, -0.15) is 0 Å². The smallest absolute Gasteiger partial charge is 0.257 e. The van der Waals surface area contributed by atoms with Gasteiger partial charge >= 0.3 is 0 Å². The minimum atomic E-state index is -2.42. The van der Waals surface area contributed by atoms with Gasteiger partial charge in [-0.15, -0.1) is 0 Å². The zero-order valence-electron chi connectivity index (χ0n) is 10.5. The molecule has 2 aromatic rings. The second-order valence-corrected chi connectivity index (χ2v) is 4.27. The molecule has 96 valence electrons. The van der Waals surface area contributed by atoms with Crippen LogP contribution in [-0.4, -0.2) is 18.0 Å². The molecule has 0 saturated heterocycles. The van der Waals surface area contributed by atoms with Gasteiger partial charge in [0.2, 0.25) is 0 Å². The fraction of sp³-hybridized carbons (Fsp3) is 0.357. The zero-order chi connectivity index (χ0) is 13.1. The number of aryl methyl sites for hydroxylation is 1. The number of benzene rings is 1. The number of pyridine rings is 1. The number of rotatable bonds is 4. The molecule has 0 fully saturated rings. The summed E-state index contributed by atoms with van der Waals surface area (Å²) in [6, 6.07) is 8.17. The van der Waals surface area contributed by atoms with E-state index in [2.05, 4.69) is 10.3 Å². The standard InChI is InChI=1S/C14H16F2N2/c1-3-17-13(14(15)16)11-6-7-12-10(8-11)5-4-9(2)18-12/h4-8,13-14,17H,3H2,1-2H3. The largest absolute Gasteiger partial charge is 0.306 e. The lowest BCUT2D eigenvalue weighted by molar-refractivity contribution is 0.0993. The van der Waals surface area contributed by atoms with Crippen LogP contribution in [0.3, 0.4) is 0 Å². The van der Waals surface area contributed by atoms with Gasteiger partial charge in [0, 0.05) is 11.1 Å². The van der Waals surface area contributed by atoms with Crippen LogP contribution >= 0.6 is 0 Å². The van der Waals surface area contributed by atoms with Gasteiger partial charge in [0.25, 0.3) is 6.43 Å². The van der Waals surface area contributed by atoms with E-state index in [1.54, 1.807) is 18.2 Å². The van der Waals surface area contributed by atoms with Crippen molar-refractivity contribution in [3.05, 3.63) is 41.6 Å². The van der Waals surface area contributed by atoms with Crippen molar-refractivity contribution in [2.75, 3.05) is 6.54 Å². The lowest BCUT2D eigenvalue weighted by atomic mass is 10.0. The Morgan fingerprint density at radius 1 is 1.22 bits per heavy atom. The molecule has 1 heterocycles. The molecule has 0 bridgehead atoms. The van der Waals surface area contributed by atoms with E-state index >= 15 is 0 Å². The summed E-state index contributed by atoms with van der Waals surface area (Å²) in [5.41, 5.74) is 2.36. The van der Waals surface area contributed by atoms with Crippen molar-refractivity contribution in [2.24, 2.45) is 0 Å². The number of nitrogens with zero attached hydrogens (tertiary/aromatic N) is 1. The summed E-state index contributed by atoms with van der Waals surface area (Å²) in [5.74, 6) is 0. The molecule has 0 aliphatic heterocycles. The first-order valence-electron chi connectivity index (χ1n) is 6.00. The minimum absolute atomic E-state index is 0.513. The van der Waals surface area contributed by atoms with Crippen LogP contribution < -0.4 is 5.32 Å². The van der Waals surface area contributed by atoms with Crippen LogP contribution in [0.15, 0.2) is 30.3 Å². The number of aromatic nitrogens is 1. The van der Waals surface area contributed by atoms with E-state index in [9.17, 15) is 8.78 Å². The molecule has 2 rings (SSSR count). The number of nitrogens with one attached hydrogen (secondary N) is 1. The maximum Gasteiger partial charge on any atom is 0.257 e. The molecule has 0 amide bonds. The number of alkyl halides is 2. The number of halogens is 2. The maximum absolute atomic E-state index is 13.0. The predicted molar refractivity (Wildman–Crippen MR) is 68.9 cm³/mol. The van der Waals surface area contributed by atoms with Gasteiger partial charge in [0.15, 0.2) is 0 Å².